The van der Waals surface area contributed by atoms with Gasteiger partial charge in [-0.1, -0.05) is 6.92 Å². The van der Waals surface area contributed by atoms with E-state index in [0.29, 0.717) is 93.7 Å². The van der Waals surface area contributed by atoms with E-state index in [-0.39, 0.29) is 68.0 Å². The molecule has 9 rings (SSSR count). The lowest BCUT2D eigenvalue weighted by atomic mass is 10.0. The second-order valence-electron chi connectivity index (χ2n) is 17.8. The molecule has 3 aromatic rings. The van der Waals surface area contributed by atoms with Gasteiger partial charge in [-0.2, -0.15) is 0 Å². The van der Waals surface area contributed by atoms with E-state index in [2.05, 4.69) is 37.4 Å². The minimum absolute atomic E-state index is 0.00192. The van der Waals surface area contributed by atoms with E-state index in [1.54, 1.807) is 36.5 Å². The molecule has 0 aromatic heterocycles. The molecule has 6 aliphatic rings. The van der Waals surface area contributed by atoms with Crippen LogP contribution in [0.4, 0.5) is 17.1 Å². The molecule has 0 bridgehead atoms. The molecule has 0 radical (unpaired) electrons. The molecule has 3 aromatic carbocycles. The van der Waals surface area contributed by atoms with Crippen molar-refractivity contribution >= 4 is 82.9 Å². The van der Waals surface area contributed by atoms with E-state index in [0.717, 1.165) is 70.8 Å². The summed E-state index contributed by atoms with van der Waals surface area (Å²) in [4.78, 5) is 58.3. The van der Waals surface area contributed by atoms with Crippen LogP contribution in [0, 0.1) is 0 Å². The zero-order valence-corrected chi connectivity index (χ0v) is 41.2. The van der Waals surface area contributed by atoms with Gasteiger partial charge in [0.2, 0.25) is 0 Å². The predicted molar refractivity (Wildman–Crippen MR) is 268 cm³/mol. The number of carbonyl (C=O) groups excluding carboxylic acids is 3. The van der Waals surface area contributed by atoms with Crippen LogP contribution in [0.25, 0.3) is 0 Å². The Bertz CT molecular complexity index is 2380. The Kier molecular flexibility index (Phi) is 17.5. The van der Waals surface area contributed by atoms with Crippen molar-refractivity contribution in [1.29, 1.82) is 0 Å². The smallest absolute Gasteiger partial charge is 0.256 e. The van der Waals surface area contributed by atoms with Gasteiger partial charge in [-0.15, -0.1) is 0 Å². The van der Waals surface area contributed by atoms with Gasteiger partial charge in [0.15, 0.2) is 11.5 Å². The molecular formula is C49H61N6O10PS2. The number of hydrogen-bond acceptors (Lipinski definition) is 15. The summed E-state index contributed by atoms with van der Waals surface area (Å²) in [5, 5.41) is 29.1. The van der Waals surface area contributed by atoms with Crippen molar-refractivity contribution < 1.29 is 48.5 Å². The molecule has 16 nitrogen and oxygen atoms in total. The minimum atomic E-state index is -2.69. The topological polar surface area (TPSA) is 203 Å². The van der Waals surface area contributed by atoms with Gasteiger partial charge in [-0.3, -0.25) is 29.4 Å². The number of aliphatic imine (C=N–C) groups is 3. The predicted octanol–water partition coefficient (Wildman–Crippen LogP) is 7.43. The first-order valence-corrected chi connectivity index (χ1v) is 27.2. The molecule has 3 N–H and O–H groups in total. The van der Waals surface area contributed by atoms with E-state index in [4.69, 9.17) is 14.2 Å². The highest BCUT2D eigenvalue weighted by molar-refractivity contribution is 8.07. The maximum atomic E-state index is 14.0. The van der Waals surface area contributed by atoms with E-state index in [1.807, 2.05) is 34.1 Å². The highest BCUT2D eigenvalue weighted by Crippen LogP contribution is 2.47. The fraction of sp³-hybridized carbons (Fsp3) is 0.510. The third-order valence-corrected chi connectivity index (χ3v) is 16.7. The van der Waals surface area contributed by atoms with Crippen LogP contribution in [0.15, 0.2) is 51.4 Å². The fourth-order valence-electron chi connectivity index (χ4n) is 9.72. The van der Waals surface area contributed by atoms with Crippen molar-refractivity contribution in [1.82, 2.24) is 14.7 Å². The van der Waals surface area contributed by atoms with E-state index in [9.17, 15) is 34.3 Å². The second-order valence-corrected chi connectivity index (χ2v) is 21.2. The summed E-state index contributed by atoms with van der Waals surface area (Å²) >= 11 is 7.33. The average Bonchev–Trinajstić information content (AvgIpc) is 3.66. The summed E-state index contributed by atoms with van der Waals surface area (Å²) < 4.78 is 31.9. The Hall–Kier alpha value is -5.13. The van der Waals surface area contributed by atoms with Crippen LogP contribution >= 0.6 is 7.14 Å². The van der Waals surface area contributed by atoms with E-state index >= 15 is 0 Å². The summed E-state index contributed by atoms with van der Waals surface area (Å²) in [6.07, 6.45) is 16.4. The maximum Gasteiger partial charge on any atom is 0.256 e. The Morgan fingerprint density at radius 1 is 0.603 bits per heavy atom. The van der Waals surface area contributed by atoms with Gasteiger partial charge >= 0.3 is 0 Å². The largest absolute Gasteiger partial charge is 0.508 e. The molecule has 0 aliphatic carbocycles. The number of methoxy groups -OCH3 is 1. The molecule has 19 heteroatoms. The number of piperidine rings is 3. The molecule has 68 heavy (non-hydrogen) atoms. The van der Waals surface area contributed by atoms with Crippen LogP contribution in [0.3, 0.4) is 0 Å². The van der Waals surface area contributed by atoms with Crippen LogP contribution in [0.1, 0.15) is 113 Å². The van der Waals surface area contributed by atoms with E-state index < -0.39 is 7.14 Å². The Morgan fingerprint density at radius 3 is 1.49 bits per heavy atom. The Balaban J connectivity index is 0.000000270. The Morgan fingerprint density at radius 2 is 1.03 bits per heavy atom. The Labute approximate surface area is 407 Å². The average molecular weight is 989 g/mol. The summed E-state index contributed by atoms with van der Waals surface area (Å²) in [5.74, 6) is 1.13. The van der Waals surface area contributed by atoms with Crippen molar-refractivity contribution in [2.75, 3.05) is 58.4 Å². The number of carbonyl (C=O) groups is 3. The summed E-state index contributed by atoms with van der Waals surface area (Å²) in [5.41, 5.74) is 3.84. The van der Waals surface area contributed by atoms with Crippen molar-refractivity contribution in [2.24, 2.45) is 15.0 Å². The normalized spacial score (nSPS) is 21.0. The number of benzene rings is 3. The lowest BCUT2D eigenvalue weighted by molar-refractivity contribution is 0.0680. The van der Waals surface area contributed by atoms with Crippen molar-refractivity contribution in [3.05, 3.63) is 64.2 Å². The SMILES string of the molecule is CCCP(=O)(CCOc1cc2c(cc1CO)C(=O)N1CCCC[C@H]1C=N2)CCOc1cc2c(cc1OC)C(=O)N1CCCC[C@H]1C=N2.O=C1c2cc(CO)c(O)cc2N=C[C@@H]2CCCCN12.S=S. The van der Waals surface area contributed by atoms with Crippen LogP contribution in [0.2, 0.25) is 0 Å². The van der Waals surface area contributed by atoms with Gasteiger partial charge in [0.05, 0.1) is 92.6 Å². The van der Waals surface area contributed by atoms with Crippen LogP contribution in [-0.4, -0.2) is 143 Å². The van der Waals surface area contributed by atoms with Crippen molar-refractivity contribution in [2.45, 2.75) is 102 Å². The number of hydrogen-bond donors (Lipinski definition) is 3. The minimum Gasteiger partial charge on any atom is -0.508 e. The van der Waals surface area contributed by atoms with Crippen LogP contribution in [-0.2, 0) is 40.2 Å². The first-order valence-electron chi connectivity index (χ1n) is 23.6. The van der Waals surface area contributed by atoms with Crippen molar-refractivity contribution in [3.8, 4) is 23.0 Å². The van der Waals surface area contributed by atoms with E-state index in [1.165, 1.54) is 13.2 Å². The number of phenols is 1. The van der Waals surface area contributed by atoms with Gasteiger partial charge in [0, 0.05) is 108 Å². The standard InChI is InChI=1S/C35H45N4O7P.C14H16N2O3.S2/c1-3-14-47(43,15-12-45-31-19-29-27(17-24(31)23-40)34(41)38-10-6-4-8-25(38)21-36-29)16-13-46-33-20-30-28(18-32(33)44-2)35(42)39-11-7-5-9-26(39)22-37-30;17-8-9-5-11-12(6-13(9)18)15-7-10-3-1-2-4-16(10)14(11)19;1-2/h17-22,25-26,40H,3-16,23H2,1-2H3;5-7,10,17-18H,1-4,8H2;/t25-,26-,47?;10-;/m00./s1. The lowest BCUT2D eigenvalue weighted by Crippen LogP contribution is -2.43. The monoisotopic (exact) mass is 988 g/mol. The van der Waals surface area contributed by atoms with Gasteiger partial charge in [0.1, 0.15) is 11.5 Å². The maximum absolute atomic E-state index is 14.0. The molecular weight excluding hydrogens is 928 g/mol. The molecule has 364 valence electrons. The molecule has 0 spiro atoms. The van der Waals surface area contributed by atoms with Gasteiger partial charge in [0.25, 0.3) is 17.7 Å². The summed E-state index contributed by atoms with van der Waals surface area (Å²) in [6, 6.07) is 9.85. The molecule has 0 saturated carbocycles. The quantitative estimate of drug-likeness (QED) is 0.143. The molecule has 4 atom stereocenters. The van der Waals surface area contributed by atoms with Gasteiger partial charge in [-0.05, 0) is 82.4 Å². The van der Waals surface area contributed by atoms with Crippen LogP contribution < -0.4 is 14.2 Å². The summed E-state index contributed by atoms with van der Waals surface area (Å²) in [7, 11) is -1.15. The first kappa shape index (κ1) is 50.7. The molecule has 6 aliphatic heterocycles. The molecule has 1 unspecified atom stereocenters. The highest BCUT2D eigenvalue weighted by atomic mass is 32.8. The highest BCUT2D eigenvalue weighted by Gasteiger charge is 2.34. The van der Waals surface area contributed by atoms with Gasteiger partial charge < -0.3 is 48.8 Å². The molecule has 3 saturated heterocycles. The van der Waals surface area contributed by atoms with Crippen molar-refractivity contribution in [3.63, 3.8) is 0 Å². The number of fused-ring (bicyclic) bond motifs is 6. The zero-order valence-electron chi connectivity index (χ0n) is 38.7. The number of aliphatic hydroxyl groups is 2. The number of ether oxygens (including phenoxy) is 3. The fourth-order valence-corrected chi connectivity index (χ4v) is 12.1. The molecule has 3 amide bonds. The number of rotatable bonds is 13. The number of aliphatic hydroxyl groups excluding tert-OH is 2. The zero-order chi connectivity index (χ0) is 48.4. The summed E-state index contributed by atoms with van der Waals surface area (Å²) in [6.45, 7) is 3.96. The lowest BCUT2D eigenvalue weighted by Gasteiger charge is -2.32. The molecule has 3 fully saturated rings. The third kappa shape index (κ3) is 11.3. The number of amides is 3. The third-order valence-electron chi connectivity index (χ3n) is 13.4. The number of aromatic hydroxyl groups is 1. The first-order chi connectivity index (χ1) is 33.0. The van der Waals surface area contributed by atoms with Crippen LogP contribution in [0.5, 0.6) is 23.0 Å². The number of nitrogens with zero attached hydrogens (tertiary/aromatic N) is 6. The molecule has 6 heterocycles. The van der Waals surface area contributed by atoms with Gasteiger partial charge in [-0.25, -0.2) is 0 Å². The second kappa shape index (κ2) is 23.5.